The minimum absolute atomic E-state index is 0.165. The number of nitrogens with zero attached hydrogens (tertiary/aromatic N) is 2. The van der Waals surface area contributed by atoms with Crippen molar-refractivity contribution in [2.24, 2.45) is 5.41 Å². The van der Waals surface area contributed by atoms with Gasteiger partial charge in [0.1, 0.15) is 0 Å². The van der Waals surface area contributed by atoms with Gasteiger partial charge in [0.25, 0.3) is 0 Å². The van der Waals surface area contributed by atoms with Crippen LogP contribution in [0.25, 0.3) is 0 Å². The van der Waals surface area contributed by atoms with E-state index in [1.54, 1.807) is 23.5 Å². The summed E-state index contributed by atoms with van der Waals surface area (Å²) >= 11 is 0. The van der Waals surface area contributed by atoms with Crippen molar-refractivity contribution in [3.63, 3.8) is 0 Å². The first-order valence-corrected chi connectivity index (χ1v) is 10.2. The molecular weight excluding hydrogens is 340 g/mol. The van der Waals surface area contributed by atoms with Gasteiger partial charge in [-0.3, -0.25) is 4.79 Å². The Balaban J connectivity index is 1.74. The highest BCUT2D eigenvalue weighted by Gasteiger charge is 2.59. The van der Waals surface area contributed by atoms with Gasteiger partial charge in [0.05, 0.1) is 17.0 Å². The molecule has 2 heterocycles. The molecule has 1 saturated heterocycles. The third kappa shape index (κ3) is 2.36. The van der Waals surface area contributed by atoms with Gasteiger partial charge in [-0.15, -0.1) is 0 Å². The number of carbonyl (C=O) groups is 1. The minimum Gasteiger partial charge on any atom is -0.383 e. The summed E-state index contributed by atoms with van der Waals surface area (Å²) in [6, 6.07) is 7.20. The van der Waals surface area contributed by atoms with Crippen molar-refractivity contribution in [1.29, 1.82) is 0 Å². The van der Waals surface area contributed by atoms with E-state index in [0.717, 1.165) is 18.4 Å². The van der Waals surface area contributed by atoms with E-state index in [2.05, 4.69) is 0 Å². The second-order valence-corrected chi connectivity index (χ2v) is 9.47. The van der Waals surface area contributed by atoms with Crippen LogP contribution in [0.5, 0.6) is 0 Å². The van der Waals surface area contributed by atoms with Gasteiger partial charge in [-0.25, -0.2) is 8.42 Å². The van der Waals surface area contributed by atoms with Crippen molar-refractivity contribution < 1.29 is 17.9 Å². The number of amides is 1. The first kappa shape index (κ1) is 17.0. The lowest BCUT2D eigenvalue weighted by molar-refractivity contribution is -0.135. The van der Waals surface area contributed by atoms with Crippen molar-refractivity contribution in [2.45, 2.75) is 36.6 Å². The van der Waals surface area contributed by atoms with Gasteiger partial charge >= 0.3 is 0 Å². The summed E-state index contributed by atoms with van der Waals surface area (Å²) in [5.41, 5.74) is -0.0725. The first-order valence-electron chi connectivity index (χ1n) is 8.76. The number of hydrogen-bond acceptors (Lipinski definition) is 4. The van der Waals surface area contributed by atoms with E-state index < -0.39 is 15.6 Å². The summed E-state index contributed by atoms with van der Waals surface area (Å²) in [6.07, 6.45) is 2.49. The second kappa shape index (κ2) is 5.53. The van der Waals surface area contributed by atoms with Gasteiger partial charge in [-0.2, -0.15) is 4.31 Å². The number of ether oxygens (including phenoxy) is 1. The van der Waals surface area contributed by atoms with Gasteiger partial charge in [0, 0.05) is 32.2 Å². The van der Waals surface area contributed by atoms with Gasteiger partial charge in [0.2, 0.25) is 15.9 Å². The largest absolute Gasteiger partial charge is 0.383 e. The summed E-state index contributed by atoms with van der Waals surface area (Å²) < 4.78 is 32.9. The predicted octanol–water partition coefficient (Wildman–Crippen LogP) is 1.56. The zero-order chi connectivity index (χ0) is 17.9. The van der Waals surface area contributed by atoms with E-state index >= 15 is 0 Å². The number of carbonyl (C=O) groups excluding carboxylic acids is 1. The Morgan fingerprint density at radius 3 is 2.64 bits per heavy atom. The minimum atomic E-state index is -3.56. The van der Waals surface area contributed by atoms with E-state index in [1.165, 1.54) is 0 Å². The van der Waals surface area contributed by atoms with Gasteiger partial charge in [0.15, 0.2) is 0 Å². The van der Waals surface area contributed by atoms with Crippen molar-refractivity contribution in [2.75, 3.05) is 33.4 Å². The Labute approximate surface area is 148 Å². The zero-order valence-corrected chi connectivity index (χ0v) is 15.5. The maximum absolute atomic E-state index is 13.1. The molecule has 0 aromatic heterocycles. The Hall–Kier alpha value is -1.44. The predicted molar refractivity (Wildman–Crippen MR) is 92.4 cm³/mol. The quantitative estimate of drug-likeness (QED) is 0.813. The molecule has 25 heavy (non-hydrogen) atoms. The van der Waals surface area contributed by atoms with Crippen LogP contribution in [0.4, 0.5) is 0 Å². The number of hydrogen-bond donors (Lipinski definition) is 0. The van der Waals surface area contributed by atoms with Crippen molar-refractivity contribution in [1.82, 2.24) is 9.21 Å². The summed E-state index contributed by atoms with van der Waals surface area (Å²) in [5, 5.41) is 0. The van der Waals surface area contributed by atoms with Crippen LogP contribution in [0.3, 0.4) is 0 Å². The Kier molecular flexibility index (Phi) is 3.76. The van der Waals surface area contributed by atoms with Crippen LogP contribution in [-0.4, -0.2) is 56.9 Å². The molecule has 1 aliphatic carbocycles. The van der Waals surface area contributed by atoms with Crippen LogP contribution in [-0.2, 0) is 25.1 Å². The maximum Gasteiger partial charge on any atom is 0.244 e. The second-order valence-electron chi connectivity index (χ2n) is 7.64. The van der Waals surface area contributed by atoms with Gasteiger partial charge < -0.3 is 9.64 Å². The van der Waals surface area contributed by atoms with Crippen molar-refractivity contribution in [3.8, 4) is 0 Å². The number of benzene rings is 1. The lowest BCUT2D eigenvalue weighted by atomic mass is 9.89. The van der Waals surface area contributed by atoms with E-state index in [0.29, 0.717) is 37.6 Å². The van der Waals surface area contributed by atoms with Crippen LogP contribution >= 0.6 is 0 Å². The zero-order valence-electron chi connectivity index (χ0n) is 14.7. The average Bonchev–Trinajstić information content (AvgIpc) is 3.15. The number of methoxy groups -OCH3 is 1. The molecule has 0 radical (unpaired) electrons. The summed E-state index contributed by atoms with van der Waals surface area (Å²) in [4.78, 5) is 15.0. The highest BCUT2D eigenvalue weighted by atomic mass is 32.2. The maximum atomic E-state index is 13.1. The molecule has 0 N–H and O–H groups in total. The number of rotatable bonds is 4. The molecule has 1 saturated carbocycles. The van der Waals surface area contributed by atoms with Crippen molar-refractivity contribution >= 4 is 15.9 Å². The number of likely N-dealkylation sites (tertiary alicyclic amines) is 1. The highest BCUT2D eigenvalue weighted by Crippen LogP contribution is 2.52. The Morgan fingerprint density at radius 1 is 1.24 bits per heavy atom. The fourth-order valence-electron chi connectivity index (χ4n) is 4.24. The standard InChI is InChI=1S/C18H24N2O4S/c1-17(7-8-17)16(21)19-10-9-18(13-19)14-5-3-4-6-15(14)25(22,23)20(18)11-12-24-2/h3-6H,7-13H2,1-2H3. The summed E-state index contributed by atoms with van der Waals surface area (Å²) in [5.74, 6) is 0.165. The molecule has 1 atom stereocenters. The highest BCUT2D eigenvalue weighted by molar-refractivity contribution is 7.89. The molecule has 1 spiro atoms. The van der Waals surface area contributed by atoms with Crippen LogP contribution in [0.2, 0.25) is 0 Å². The smallest absolute Gasteiger partial charge is 0.244 e. The van der Waals surface area contributed by atoms with Crippen LogP contribution in [0, 0.1) is 5.41 Å². The molecule has 7 heteroatoms. The van der Waals surface area contributed by atoms with E-state index in [-0.39, 0.29) is 11.3 Å². The Morgan fingerprint density at radius 2 is 1.96 bits per heavy atom. The topological polar surface area (TPSA) is 66.9 Å². The molecule has 4 rings (SSSR count). The molecule has 1 aromatic carbocycles. The molecule has 2 aliphatic heterocycles. The molecule has 136 valence electrons. The number of fused-ring (bicyclic) bond motifs is 2. The molecule has 0 bridgehead atoms. The van der Waals surface area contributed by atoms with Crippen LogP contribution in [0.15, 0.2) is 29.2 Å². The molecule has 1 unspecified atom stereocenters. The Bertz CT molecular complexity index is 818. The molecule has 1 aromatic rings. The van der Waals surface area contributed by atoms with E-state index in [1.807, 2.05) is 24.0 Å². The van der Waals surface area contributed by atoms with Crippen LogP contribution < -0.4 is 0 Å². The average molecular weight is 364 g/mol. The summed E-state index contributed by atoms with van der Waals surface area (Å²) in [6.45, 7) is 3.67. The molecule has 3 aliphatic rings. The fraction of sp³-hybridized carbons (Fsp3) is 0.611. The van der Waals surface area contributed by atoms with E-state index in [4.69, 9.17) is 4.74 Å². The number of sulfonamides is 1. The van der Waals surface area contributed by atoms with Crippen molar-refractivity contribution in [3.05, 3.63) is 29.8 Å². The molecule has 6 nitrogen and oxygen atoms in total. The summed E-state index contributed by atoms with van der Waals surface area (Å²) in [7, 11) is -1.99. The van der Waals surface area contributed by atoms with Gasteiger partial charge in [-0.05, 0) is 30.9 Å². The normalized spacial score (nSPS) is 29.1. The first-order chi connectivity index (χ1) is 11.8. The molecular formula is C18H24N2O4S. The van der Waals surface area contributed by atoms with E-state index in [9.17, 15) is 13.2 Å². The van der Waals surface area contributed by atoms with Crippen LogP contribution in [0.1, 0.15) is 31.7 Å². The monoisotopic (exact) mass is 364 g/mol. The SMILES string of the molecule is COCCN1C2(CCN(C(=O)C3(C)CC3)C2)c2ccccc2S1(=O)=O. The molecule has 1 amide bonds. The lowest BCUT2D eigenvalue weighted by Gasteiger charge is -2.34. The third-order valence-corrected chi connectivity index (χ3v) is 8.01. The van der Waals surface area contributed by atoms with Gasteiger partial charge in [-0.1, -0.05) is 25.1 Å². The third-order valence-electron chi connectivity index (χ3n) is 5.98. The molecule has 2 fully saturated rings. The fourth-order valence-corrected chi connectivity index (χ4v) is 6.29. The lowest BCUT2D eigenvalue weighted by Crippen LogP contribution is -2.48.